The molecule has 0 saturated heterocycles. The van der Waals surface area contributed by atoms with E-state index in [1.807, 2.05) is 0 Å². The third-order valence-corrected chi connectivity index (χ3v) is 3.33. The Balaban J connectivity index is 1.95. The van der Waals surface area contributed by atoms with Gasteiger partial charge in [0.1, 0.15) is 0 Å². The Labute approximate surface area is 100 Å². The van der Waals surface area contributed by atoms with Crippen LogP contribution in [0.3, 0.4) is 0 Å². The van der Waals surface area contributed by atoms with Gasteiger partial charge in [-0.05, 0) is 23.9 Å². The summed E-state index contributed by atoms with van der Waals surface area (Å²) in [6.45, 7) is 6.99. The molecular weight excluding hydrogens is 214 g/mol. The molecule has 1 N–H and O–H groups in total. The molecule has 82 valence electrons. The van der Waals surface area contributed by atoms with Crippen LogP contribution in [-0.4, -0.2) is 0 Å². The van der Waals surface area contributed by atoms with Crippen LogP contribution in [0.2, 0.25) is 0 Å². The van der Waals surface area contributed by atoms with Crippen molar-refractivity contribution in [2.45, 2.75) is 13.5 Å². The van der Waals surface area contributed by atoms with E-state index in [0.717, 1.165) is 17.8 Å². The lowest BCUT2D eigenvalue weighted by Gasteiger charge is -2.08. The topological polar surface area (TPSA) is 12.0 Å². The van der Waals surface area contributed by atoms with Crippen molar-refractivity contribution in [1.82, 2.24) is 5.32 Å². The highest BCUT2D eigenvalue weighted by atomic mass is 32.1. The largest absolute Gasteiger partial charge is 0.380 e. The summed E-state index contributed by atoms with van der Waals surface area (Å²) in [6.07, 6.45) is 0. The van der Waals surface area contributed by atoms with Gasteiger partial charge in [0.25, 0.3) is 0 Å². The highest BCUT2D eigenvalue weighted by Gasteiger charge is 1.98. The maximum Gasteiger partial charge on any atom is 0.0494 e. The van der Waals surface area contributed by atoms with Gasteiger partial charge in [-0.25, -0.2) is 0 Å². The van der Waals surface area contributed by atoms with Crippen molar-refractivity contribution >= 4 is 17.0 Å². The summed E-state index contributed by atoms with van der Waals surface area (Å²) in [4.78, 5) is 1.33. The van der Waals surface area contributed by atoms with Crippen LogP contribution in [-0.2, 0) is 6.54 Å². The van der Waals surface area contributed by atoms with Crippen LogP contribution in [0.1, 0.15) is 16.0 Å². The smallest absolute Gasteiger partial charge is 0.0494 e. The summed E-state index contributed by atoms with van der Waals surface area (Å²) in [6, 6.07) is 12.6. The van der Waals surface area contributed by atoms with Gasteiger partial charge in [-0.2, -0.15) is 0 Å². The molecule has 0 bridgehead atoms. The molecule has 1 nitrogen and oxygen atoms in total. The molecule has 0 saturated carbocycles. The second-order valence-electron chi connectivity index (χ2n) is 3.78. The molecule has 16 heavy (non-hydrogen) atoms. The lowest BCUT2D eigenvalue weighted by molar-refractivity contribution is 0.909. The summed E-state index contributed by atoms with van der Waals surface area (Å²) in [5.41, 5.74) is 3.41. The van der Waals surface area contributed by atoms with Crippen molar-refractivity contribution < 1.29 is 0 Å². The number of benzene rings is 1. The van der Waals surface area contributed by atoms with Crippen molar-refractivity contribution in [2.75, 3.05) is 0 Å². The Hall–Kier alpha value is -1.54. The minimum Gasteiger partial charge on any atom is -0.380 e. The lowest BCUT2D eigenvalue weighted by Crippen LogP contribution is -2.09. The summed E-state index contributed by atoms with van der Waals surface area (Å²) < 4.78 is 0. The molecule has 0 fully saturated rings. The summed E-state index contributed by atoms with van der Waals surface area (Å²) >= 11 is 1.76. The molecule has 1 heterocycles. The molecule has 0 radical (unpaired) electrons. The average molecular weight is 229 g/mol. The molecule has 2 heteroatoms. The van der Waals surface area contributed by atoms with E-state index in [4.69, 9.17) is 0 Å². The number of thiophene rings is 1. The zero-order chi connectivity index (χ0) is 11.4. The van der Waals surface area contributed by atoms with Crippen LogP contribution in [0.25, 0.3) is 5.70 Å². The van der Waals surface area contributed by atoms with Gasteiger partial charge in [-0.1, -0.05) is 42.5 Å². The SMILES string of the molecule is C=C(NCc1cccs1)c1ccc(C)cc1. The van der Waals surface area contributed by atoms with Gasteiger partial charge in [0.2, 0.25) is 0 Å². The zero-order valence-electron chi connectivity index (χ0n) is 9.36. The summed E-state index contributed by atoms with van der Waals surface area (Å²) in [5.74, 6) is 0. The first-order valence-electron chi connectivity index (χ1n) is 5.28. The number of rotatable bonds is 4. The Morgan fingerprint density at radius 2 is 2.00 bits per heavy atom. The molecule has 0 spiro atoms. The van der Waals surface area contributed by atoms with Crippen LogP contribution in [0.5, 0.6) is 0 Å². The van der Waals surface area contributed by atoms with Gasteiger partial charge in [0.15, 0.2) is 0 Å². The Morgan fingerprint density at radius 3 is 2.62 bits per heavy atom. The van der Waals surface area contributed by atoms with Gasteiger partial charge in [-0.15, -0.1) is 11.3 Å². The molecule has 0 aliphatic carbocycles. The van der Waals surface area contributed by atoms with Crippen molar-refractivity contribution in [3.63, 3.8) is 0 Å². The second kappa shape index (κ2) is 4.99. The monoisotopic (exact) mass is 229 g/mol. The Bertz CT molecular complexity index is 454. The van der Waals surface area contributed by atoms with Gasteiger partial charge in [0.05, 0.1) is 0 Å². The fourth-order valence-corrected chi connectivity index (χ4v) is 2.11. The van der Waals surface area contributed by atoms with Gasteiger partial charge < -0.3 is 5.32 Å². The highest BCUT2D eigenvalue weighted by Crippen LogP contribution is 2.13. The van der Waals surface area contributed by atoms with E-state index in [-0.39, 0.29) is 0 Å². The fraction of sp³-hybridized carbons (Fsp3) is 0.143. The average Bonchev–Trinajstić information content (AvgIpc) is 2.80. The molecule has 0 unspecified atom stereocenters. The molecular formula is C14H15NS. The van der Waals surface area contributed by atoms with E-state index in [9.17, 15) is 0 Å². The first-order chi connectivity index (χ1) is 7.75. The van der Waals surface area contributed by atoms with Gasteiger partial charge in [-0.3, -0.25) is 0 Å². The van der Waals surface area contributed by atoms with Gasteiger partial charge in [0, 0.05) is 17.1 Å². The van der Waals surface area contributed by atoms with E-state index in [0.29, 0.717) is 0 Å². The quantitative estimate of drug-likeness (QED) is 0.840. The van der Waals surface area contributed by atoms with Crippen LogP contribution in [0.15, 0.2) is 48.4 Å². The van der Waals surface area contributed by atoms with Gasteiger partial charge >= 0.3 is 0 Å². The van der Waals surface area contributed by atoms with E-state index in [1.54, 1.807) is 11.3 Å². The third kappa shape index (κ3) is 2.74. The summed E-state index contributed by atoms with van der Waals surface area (Å²) in [5, 5.41) is 5.43. The van der Waals surface area contributed by atoms with Crippen LogP contribution in [0, 0.1) is 6.92 Å². The number of nitrogens with one attached hydrogen (secondary N) is 1. The molecule has 1 aromatic heterocycles. The normalized spacial score (nSPS) is 10.1. The maximum atomic E-state index is 4.05. The van der Waals surface area contributed by atoms with Crippen LogP contribution in [0.4, 0.5) is 0 Å². The Morgan fingerprint density at radius 1 is 1.25 bits per heavy atom. The summed E-state index contributed by atoms with van der Waals surface area (Å²) in [7, 11) is 0. The van der Waals surface area contributed by atoms with E-state index < -0.39 is 0 Å². The molecule has 0 aliphatic rings. The highest BCUT2D eigenvalue weighted by molar-refractivity contribution is 7.09. The Kier molecular flexibility index (Phi) is 3.42. The van der Waals surface area contributed by atoms with Crippen LogP contribution < -0.4 is 5.32 Å². The molecule has 0 aliphatic heterocycles. The molecule has 0 amide bonds. The fourth-order valence-electron chi connectivity index (χ4n) is 1.46. The molecule has 0 atom stereocenters. The number of hydrogen-bond acceptors (Lipinski definition) is 2. The van der Waals surface area contributed by atoms with Crippen molar-refractivity contribution in [3.8, 4) is 0 Å². The third-order valence-electron chi connectivity index (χ3n) is 2.46. The molecule has 1 aromatic carbocycles. The minimum atomic E-state index is 0.852. The van der Waals surface area contributed by atoms with E-state index >= 15 is 0 Å². The van der Waals surface area contributed by atoms with E-state index in [2.05, 4.69) is 60.6 Å². The molecule has 2 rings (SSSR count). The number of aryl methyl sites for hydroxylation is 1. The zero-order valence-corrected chi connectivity index (χ0v) is 10.2. The lowest BCUT2D eigenvalue weighted by atomic mass is 10.1. The predicted octanol–water partition coefficient (Wildman–Crippen LogP) is 3.82. The first kappa shape index (κ1) is 11.0. The van der Waals surface area contributed by atoms with E-state index in [1.165, 1.54) is 10.4 Å². The van der Waals surface area contributed by atoms with Crippen molar-refractivity contribution in [1.29, 1.82) is 0 Å². The van der Waals surface area contributed by atoms with Crippen molar-refractivity contribution in [2.24, 2.45) is 0 Å². The second-order valence-corrected chi connectivity index (χ2v) is 4.81. The predicted molar refractivity (Wildman–Crippen MR) is 71.4 cm³/mol. The van der Waals surface area contributed by atoms with Crippen molar-refractivity contribution in [3.05, 3.63) is 64.4 Å². The maximum absolute atomic E-state index is 4.05. The van der Waals surface area contributed by atoms with Crippen LogP contribution >= 0.6 is 11.3 Å². The minimum absolute atomic E-state index is 0.852. The number of hydrogen-bond donors (Lipinski definition) is 1. The first-order valence-corrected chi connectivity index (χ1v) is 6.16. The standard InChI is InChI=1S/C14H15NS/c1-11-5-7-13(8-6-11)12(2)15-10-14-4-3-9-16-14/h3-9,15H,2,10H2,1H3. The molecule has 2 aromatic rings.